The molecule has 7 heteroatoms. The third-order valence-electron chi connectivity index (χ3n) is 4.58. The Kier molecular flexibility index (Phi) is 3.08. The van der Waals surface area contributed by atoms with E-state index in [-0.39, 0.29) is 6.10 Å². The van der Waals surface area contributed by atoms with Gasteiger partial charge in [-0.05, 0) is 24.3 Å². The SMILES string of the molecule is Brc1ccc(OCC2C[N+]34CCO[B-]3(OCC4)O2)cc1. The van der Waals surface area contributed by atoms with Crippen LogP contribution in [-0.4, -0.2) is 56.8 Å². The normalized spacial score (nSPS) is 38.8. The molecule has 20 heavy (non-hydrogen) atoms. The summed E-state index contributed by atoms with van der Waals surface area (Å²) in [6, 6.07) is 7.84. The molecule has 0 radical (unpaired) electrons. The fraction of sp³-hybridized carbons (Fsp3) is 0.538. The molecule has 5 nitrogen and oxygen atoms in total. The van der Waals surface area contributed by atoms with Crippen LogP contribution in [0.15, 0.2) is 28.7 Å². The van der Waals surface area contributed by atoms with Crippen LogP contribution < -0.4 is 4.74 Å². The largest absolute Gasteiger partial charge is 0.625 e. The molecule has 3 fully saturated rings. The maximum Gasteiger partial charge on any atom is 0.625 e. The minimum atomic E-state index is -1.56. The average molecular weight is 342 g/mol. The van der Waals surface area contributed by atoms with Crippen LogP contribution >= 0.6 is 15.9 Å². The lowest BCUT2D eigenvalue weighted by molar-refractivity contribution is -0.816. The highest BCUT2D eigenvalue weighted by molar-refractivity contribution is 9.10. The Bertz CT molecular complexity index is 482. The molecule has 1 aromatic rings. The molecule has 4 rings (SSSR count). The first-order chi connectivity index (χ1) is 9.71. The molecule has 3 saturated heterocycles. The number of halogens is 1. The van der Waals surface area contributed by atoms with Crippen LogP contribution in [0.5, 0.6) is 5.75 Å². The topological polar surface area (TPSA) is 36.9 Å². The van der Waals surface area contributed by atoms with Crippen LogP contribution in [-0.2, 0) is 14.0 Å². The molecule has 0 amide bonds. The zero-order valence-electron chi connectivity index (χ0n) is 11.2. The van der Waals surface area contributed by atoms with E-state index < -0.39 is 6.89 Å². The van der Waals surface area contributed by atoms with Gasteiger partial charge in [-0.1, -0.05) is 15.9 Å². The second kappa shape index (κ2) is 4.71. The first kappa shape index (κ1) is 13.1. The minimum absolute atomic E-state index is 0.0410. The van der Waals surface area contributed by atoms with Gasteiger partial charge < -0.3 is 23.1 Å². The Hall–Kier alpha value is -0.595. The van der Waals surface area contributed by atoms with Crippen molar-refractivity contribution in [2.45, 2.75) is 6.10 Å². The van der Waals surface area contributed by atoms with Crippen molar-refractivity contribution in [1.29, 1.82) is 0 Å². The Morgan fingerprint density at radius 3 is 2.55 bits per heavy atom. The molecule has 1 atom stereocenters. The van der Waals surface area contributed by atoms with E-state index in [1.165, 1.54) is 0 Å². The summed E-state index contributed by atoms with van der Waals surface area (Å²) in [5, 5.41) is 0. The third-order valence-corrected chi connectivity index (χ3v) is 5.11. The molecule has 0 spiro atoms. The fourth-order valence-electron chi connectivity index (χ4n) is 3.58. The van der Waals surface area contributed by atoms with Crippen LogP contribution in [0, 0.1) is 0 Å². The van der Waals surface area contributed by atoms with Crippen LogP contribution in [0.3, 0.4) is 0 Å². The second-order valence-electron chi connectivity index (χ2n) is 5.72. The predicted molar refractivity (Wildman–Crippen MR) is 77.0 cm³/mol. The van der Waals surface area contributed by atoms with Gasteiger partial charge in [0.2, 0.25) is 0 Å². The first-order valence-electron chi connectivity index (χ1n) is 7.05. The van der Waals surface area contributed by atoms with Crippen LogP contribution in [0.25, 0.3) is 0 Å². The standard InChI is InChI=1S/C13H17BBrNO4/c15-11-1-3-12(4-2-11)17-10-13-9-16-5-7-18-14(16,20-13)19-8-6-16/h1-4,13H,5-10H2. The molecule has 1 aromatic carbocycles. The zero-order chi connectivity index (χ0) is 13.6. The van der Waals surface area contributed by atoms with Crippen molar-refractivity contribution in [3.8, 4) is 5.75 Å². The van der Waals surface area contributed by atoms with Crippen molar-refractivity contribution in [2.24, 2.45) is 0 Å². The maximum atomic E-state index is 6.09. The molecule has 0 bridgehead atoms. The van der Waals surface area contributed by atoms with Gasteiger partial charge >= 0.3 is 6.89 Å². The molecule has 3 aliphatic heterocycles. The first-order valence-corrected chi connectivity index (χ1v) is 7.84. The van der Waals surface area contributed by atoms with E-state index in [1.54, 1.807) is 0 Å². The van der Waals surface area contributed by atoms with Crippen molar-refractivity contribution >= 4 is 22.8 Å². The summed E-state index contributed by atoms with van der Waals surface area (Å²) in [6.07, 6.45) is 0.0410. The molecule has 0 saturated carbocycles. The Balaban J connectivity index is 1.41. The highest BCUT2D eigenvalue weighted by Crippen LogP contribution is 2.41. The number of hydrogen-bond donors (Lipinski definition) is 0. The molecule has 3 aliphatic rings. The number of nitrogens with zero attached hydrogens (tertiary/aromatic N) is 1. The van der Waals surface area contributed by atoms with E-state index in [4.69, 9.17) is 18.7 Å². The number of rotatable bonds is 3. The number of quaternary nitrogens is 1. The Labute approximate surface area is 126 Å². The van der Waals surface area contributed by atoms with Crippen LogP contribution in [0.2, 0.25) is 0 Å². The van der Waals surface area contributed by atoms with Gasteiger partial charge in [-0.2, -0.15) is 0 Å². The van der Waals surface area contributed by atoms with E-state index in [1.807, 2.05) is 24.3 Å². The molecule has 0 N–H and O–H groups in total. The van der Waals surface area contributed by atoms with Gasteiger partial charge in [-0.3, -0.25) is 0 Å². The zero-order valence-corrected chi connectivity index (χ0v) is 12.8. The summed E-state index contributed by atoms with van der Waals surface area (Å²) in [4.78, 5) is 0. The van der Waals surface area contributed by atoms with Crippen LogP contribution in [0.4, 0.5) is 0 Å². The highest BCUT2D eigenvalue weighted by atomic mass is 79.9. The van der Waals surface area contributed by atoms with E-state index >= 15 is 0 Å². The van der Waals surface area contributed by atoms with Crippen molar-refractivity contribution in [2.75, 3.05) is 39.5 Å². The van der Waals surface area contributed by atoms with Gasteiger partial charge in [0, 0.05) is 4.47 Å². The van der Waals surface area contributed by atoms with Gasteiger partial charge in [0.25, 0.3) is 0 Å². The van der Waals surface area contributed by atoms with Gasteiger partial charge in [0.1, 0.15) is 18.5 Å². The van der Waals surface area contributed by atoms with Crippen LogP contribution in [0.1, 0.15) is 0 Å². The summed E-state index contributed by atoms with van der Waals surface area (Å²) in [5.74, 6) is 0.857. The van der Waals surface area contributed by atoms with Gasteiger partial charge in [0.05, 0.1) is 32.8 Å². The molecular weight excluding hydrogens is 325 g/mol. The summed E-state index contributed by atoms with van der Waals surface area (Å²) < 4.78 is 25.4. The molecular formula is C13H17BBrNO4. The molecule has 3 heterocycles. The highest BCUT2D eigenvalue weighted by Gasteiger charge is 2.66. The lowest BCUT2D eigenvalue weighted by Gasteiger charge is -2.37. The van der Waals surface area contributed by atoms with E-state index in [9.17, 15) is 0 Å². The van der Waals surface area contributed by atoms with E-state index in [0.717, 1.165) is 47.5 Å². The summed E-state index contributed by atoms with van der Waals surface area (Å²) >= 11 is 3.41. The van der Waals surface area contributed by atoms with E-state index in [2.05, 4.69) is 15.9 Å². The predicted octanol–water partition coefficient (Wildman–Crippen LogP) is 1.54. The number of benzene rings is 1. The summed E-state index contributed by atoms with van der Waals surface area (Å²) in [7, 11) is 0. The second-order valence-corrected chi connectivity index (χ2v) is 6.63. The quantitative estimate of drug-likeness (QED) is 0.781. The summed E-state index contributed by atoms with van der Waals surface area (Å²) in [5.41, 5.74) is 0. The lowest BCUT2D eigenvalue weighted by atomic mass is 9.94. The number of ether oxygens (including phenoxy) is 1. The van der Waals surface area contributed by atoms with Crippen molar-refractivity contribution in [1.82, 2.24) is 0 Å². The Morgan fingerprint density at radius 2 is 1.90 bits per heavy atom. The molecule has 1 unspecified atom stereocenters. The van der Waals surface area contributed by atoms with Gasteiger partial charge in [-0.15, -0.1) is 0 Å². The minimum Gasteiger partial charge on any atom is -0.491 e. The Morgan fingerprint density at radius 1 is 1.20 bits per heavy atom. The van der Waals surface area contributed by atoms with Gasteiger partial charge in [-0.25, -0.2) is 0 Å². The lowest BCUT2D eigenvalue weighted by Crippen LogP contribution is -2.59. The van der Waals surface area contributed by atoms with E-state index in [0.29, 0.717) is 6.61 Å². The van der Waals surface area contributed by atoms with Crippen molar-refractivity contribution in [3.63, 3.8) is 0 Å². The molecule has 108 valence electrons. The molecule has 0 aromatic heterocycles. The fourth-order valence-corrected chi connectivity index (χ4v) is 3.85. The monoisotopic (exact) mass is 341 g/mol. The maximum absolute atomic E-state index is 6.09. The average Bonchev–Trinajstić information content (AvgIpc) is 2.99. The smallest absolute Gasteiger partial charge is 0.491 e. The third kappa shape index (κ3) is 1.92. The molecule has 0 aliphatic carbocycles. The van der Waals surface area contributed by atoms with Gasteiger partial charge in [0.15, 0.2) is 0 Å². The van der Waals surface area contributed by atoms with Crippen molar-refractivity contribution in [3.05, 3.63) is 28.7 Å². The number of hydrogen-bond acceptors (Lipinski definition) is 4. The summed E-state index contributed by atoms with van der Waals surface area (Å²) in [6.45, 7) is 3.37. The van der Waals surface area contributed by atoms with Crippen molar-refractivity contribution < 1.29 is 23.1 Å².